The second kappa shape index (κ2) is 10.4. The summed E-state index contributed by atoms with van der Waals surface area (Å²) in [4.78, 5) is 10.6. The molecule has 0 unspecified atom stereocenters. The minimum atomic E-state index is 0.667. The molecule has 11 aromatic rings. The van der Waals surface area contributed by atoms with Crippen LogP contribution in [-0.2, 0) is 0 Å². The largest absolute Gasteiger partial charge is 0.309 e. The van der Waals surface area contributed by atoms with E-state index in [1.807, 2.05) is 0 Å². The molecule has 0 amide bonds. The Morgan fingerprint density at radius 3 is 1.66 bits per heavy atom. The Morgan fingerprint density at radius 1 is 0.340 bits per heavy atom. The van der Waals surface area contributed by atoms with E-state index in [2.05, 4.69) is 179 Å². The Kier molecular flexibility index (Phi) is 5.63. The van der Waals surface area contributed by atoms with E-state index in [9.17, 15) is 0 Å². The number of hydrogen-bond donors (Lipinski definition) is 0. The van der Waals surface area contributed by atoms with Gasteiger partial charge in [0.05, 0.1) is 33.3 Å². The summed E-state index contributed by atoms with van der Waals surface area (Å²) in [7, 11) is 0. The monoisotopic (exact) mass is 636 g/mol. The van der Waals surface area contributed by atoms with Crippen LogP contribution in [0.15, 0.2) is 170 Å². The molecule has 0 fully saturated rings. The zero-order valence-electron chi connectivity index (χ0n) is 27.0. The van der Waals surface area contributed by atoms with Crippen molar-refractivity contribution in [2.75, 3.05) is 0 Å². The van der Waals surface area contributed by atoms with Crippen molar-refractivity contribution in [3.8, 4) is 22.9 Å². The highest BCUT2D eigenvalue weighted by Crippen LogP contribution is 2.38. The number of rotatable bonds is 3. The van der Waals surface area contributed by atoms with Gasteiger partial charge >= 0.3 is 0 Å². The molecule has 232 valence electrons. The minimum absolute atomic E-state index is 0.667. The van der Waals surface area contributed by atoms with E-state index in [1.54, 1.807) is 0 Å². The van der Waals surface area contributed by atoms with Gasteiger partial charge in [0.15, 0.2) is 0 Å². The Bertz CT molecular complexity index is 3150. The molecule has 0 aliphatic heterocycles. The van der Waals surface area contributed by atoms with Gasteiger partial charge in [-0.1, -0.05) is 109 Å². The van der Waals surface area contributed by atoms with Crippen molar-refractivity contribution in [2.24, 2.45) is 0 Å². The van der Waals surface area contributed by atoms with Gasteiger partial charge in [0, 0.05) is 38.2 Å². The fourth-order valence-electron chi connectivity index (χ4n) is 7.97. The van der Waals surface area contributed by atoms with Crippen molar-refractivity contribution < 1.29 is 0 Å². The molecule has 0 aliphatic rings. The summed E-state index contributed by atoms with van der Waals surface area (Å²) in [5.41, 5.74) is 8.63. The van der Waals surface area contributed by atoms with Crippen molar-refractivity contribution in [1.82, 2.24) is 19.1 Å². The first kappa shape index (κ1) is 27.2. The molecular weight excluding hydrogens is 609 g/mol. The summed E-state index contributed by atoms with van der Waals surface area (Å²) >= 11 is 0. The van der Waals surface area contributed by atoms with Crippen LogP contribution < -0.4 is 0 Å². The second-order valence-electron chi connectivity index (χ2n) is 13.1. The summed E-state index contributed by atoms with van der Waals surface area (Å²) in [6, 6.07) is 60.8. The van der Waals surface area contributed by atoms with Crippen molar-refractivity contribution >= 4 is 76.1 Å². The molecule has 0 bridgehead atoms. The normalized spacial score (nSPS) is 12.0. The maximum atomic E-state index is 5.41. The second-order valence-corrected chi connectivity index (χ2v) is 13.1. The zero-order valence-corrected chi connectivity index (χ0v) is 27.0. The lowest BCUT2D eigenvalue weighted by atomic mass is 10.0. The van der Waals surface area contributed by atoms with E-state index in [1.165, 1.54) is 54.1 Å². The summed E-state index contributed by atoms with van der Waals surface area (Å²) in [6.45, 7) is 0. The highest BCUT2D eigenvalue weighted by Gasteiger charge is 2.19. The first-order chi connectivity index (χ1) is 24.8. The lowest BCUT2D eigenvalue weighted by Crippen LogP contribution is -2.03. The highest BCUT2D eigenvalue weighted by atomic mass is 15.2. The number of hydrogen-bond acceptors (Lipinski definition) is 2. The molecule has 0 N–H and O–H groups in total. The first-order valence-electron chi connectivity index (χ1n) is 17.0. The van der Waals surface area contributed by atoms with Crippen LogP contribution in [-0.4, -0.2) is 19.1 Å². The third kappa shape index (κ3) is 3.93. The van der Waals surface area contributed by atoms with Crippen molar-refractivity contribution in [2.45, 2.75) is 0 Å². The lowest BCUT2D eigenvalue weighted by Gasteiger charge is -2.13. The third-order valence-corrected chi connectivity index (χ3v) is 10.3. The highest BCUT2D eigenvalue weighted by molar-refractivity contribution is 6.15. The van der Waals surface area contributed by atoms with Gasteiger partial charge in [-0.25, -0.2) is 9.97 Å². The summed E-state index contributed by atoms with van der Waals surface area (Å²) in [5, 5.41) is 10.7. The van der Waals surface area contributed by atoms with Gasteiger partial charge in [-0.3, -0.25) is 4.57 Å². The predicted molar refractivity (Wildman–Crippen MR) is 209 cm³/mol. The molecule has 4 nitrogen and oxygen atoms in total. The van der Waals surface area contributed by atoms with Gasteiger partial charge in [-0.05, 0) is 82.2 Å². The van der Waals surface area contributed by atoms with E-state index in [0.717, 1.165) is 38.9 Å². The van der Waals surface area contributed by atoms with Crippen LogP contribution in [0, 0.1) is 0 Å². The Labute approximate surface area is 287 Å². The molecule has 0 spiro atoms. The van der Waals surface area contributed by atoms with Crippen LogP contribution in [0.3, 0.4) is 0 Å². The smallest absolute Gasteiger partial charge is 0.235 e. The topological polar surface area (TPSA) is 35.6 Å². The fourth-order valence-corrected chi connectivity index (χ4v) is 7.97. The number of benzene rings is 8. The number of fused-ring (bicyclic) bond motifs is 9. The van der Waals surface area contributed by atoms with E-state index < -0.39 is 0 Å². The molecule has 50 heavy (non-hydrogen) atoms. The Hall–Kier alpha value is -6.78. The minimum Gasteiger partial charge on any atom is -0.309 e. The van der Waals surface area contributed by atoms with Gasteiger partial charge < -0.3 is 4.57 Å². The van der Waals surface area contributed by atoms with E-state index in [4.69, 9.17) is 9.97 Å². The van der Waals surface area contributed by atoms with Gasteiger partial charge in [0.2, 0.25) is 5.95 Å². The molecule has 0 radical (unpaired) electrons. The number of para-hydroxylation sites is 4. The first-order valence-corrected chi connectivity index (χ1v) is 17.0. The van der Waals surface area contributed by atoms with Gasteiger partial charge in [-0.2, -0.15) is 0 Å². The SMILES string of the molecule is c1ccc(-n2c3ccccc3c3cc4ccc(-c5nc(-n6c7ccccc7c7cc8ccccc8cc76)nc6ccccc56)cc4cc32)cc1. The van der Waals surface area contributed by atoms with Crippen molar-refractivity contribution in [1.29, 1.82) is 0 Å². The Morgan fingerprint density at radius 2 is 0.900 bits per heavy atom. The molecule has 4 heteroatoms. The summed E-state index contributed by atoms with van der Waals surface area (Å²) < 4.78 is 4.61. The molecule has 0 saturated carbocycles. The Balaban J connectivity index is 1.18. The molecule has 3 heterocycles. The van der Waals surface area contributed by atoms with Gasteiger partial charge in [-0.15, -0.1) is 0 Å². The van der Waals surface area contributed by atoms with Crippen molar-refractivity contribution in [3.05, 3.63) is 170 Å². The van der Waals surface area contributed by atoms with Crippen LogP contribution in [0.5, 0.6) is 0 Å². The van der Waals surface area contributed by atoms with Gasteiger partial charge in [0.25, 0.3) is 0 Å². The molecule has 8 aromatic carbocycles. The third-order valence-electron chi connectivity index (χ3n) is 10.3. The standard InChI is InChI=1S/C46H28N4/c1-2-14-34(15-3-1)49-41-20-10-7-16-35(41)38-26-31-22-23-32(24-33(31)28-43(38)49)45-37-18-6-9-19-40(37)47-46(48-45)50-42-21-11-8-17-36(42)39-25-29-12-4-5-13-30(29)27-44(39)50/h1-28H. The lowest BCUT2D eigenvalue weighted by molar-refractivity contribution is 1.01. The zero-order chi connectivity index (χ0) is 32.8. The van der Waals surface area contributed by atoms with E-state index in [0.29, 0.717) is 5.95 Å². The number of nitrogens with zero attached hydrogens (tertiary/aromatic N) is 4. The van der Waals surface area contributed by atoms with E-state index >= 15 is 0 Å². The molecule has 0 atom stereocenters. The molecule has 3 aromatic heterocycles. The van der Waals surface area contributed by atoms with Crippen LogP contribution in [0.2, 0.25) is 0 Å². The average molecular weight is 637 g/mol. The average Bonchev–Trinajstić information content (AvgIpc) is 3.67. The molecule has 11 rings (SSSR count). The fraction of sp³-hybridized carbons (Fsp3) is 0. The van der Waals surface area contributed by atoms with Crippen molar-refractivity contribution in [3.63, 3.8) is 0 Å². The number of aromatic nitrogens is 4. The van der Waals surface area contributed by atoms with Crippen LogP contribution in [0.4, 0.5) is 0 Å². The molecule has 0 saturated heterocycles. The quantitative estimate of drug-likeness (QED) is 0.193. The predicted octanol–water partition coefficient (Wildman–Crippen LogP) is 11.8. The van der Waals surface area contributed by atoms with Crippen LogP contribution in [0.1, 0.15) is 0 Å². The maximum absolute atomic E-state index is 5.41. The summed E-state index contributed by atoms with van der Waals surface area (Å²) in [5.74, 6) is 0.667. The van der Waals surface area contributed by atoms with Gasteiger partial charge in [0.1, 0.15) is 0 Å². The summed E-state index contributed by atoms with van der Waals surface area (Å²) in [6.07, 6.45) is 0. The molecular formula is C46H28N4. The maximum Gasteiger partial charge on any atom is 0.235 e. The van der Waals surface area contributed by atoms with Crippen LogP contribution >= 0.6 is 0 Å². The van der Waals surface area contributed by atoms with E-state index in [-0.39, 0.29) is 0 Å². The van der Waals surface area contributed by atoms with Crippen LogP contribution in [0.25, 0.3) is 99.0 Å². The molecule has 0 aliphatic carbocycles.